The van der Waals surface area contributed by atoms with Crippen LogP contribution in [0.1, 0.15) is 49.6 Å². The SMILES string of the molecule is CCOC(=O)c1ccc(S(=O)(=O)NC(CN)C2CCCCC2)o1. The molecule has 1 aliphatic carbocycles. The first-order valence-electron chi connectivity index (χ1n) is 7.97. The molecular weight excluding hydrogens is 320 g/mol. The lowest BCUT2D eigenvalue weighted by molar-refractivity contribution is 0.0484. The molecule has 0 radical (unpaired) electrons. The number of hydrogen-bond acceptors (Lipinski definition) is 6. The molecule has 0 spiro atoms. The molecule has 1 aliphatic rings. The Morgan fingerprint density at radius 3 is 2.70 bits per heavy atom. The molecule has 0 aromatic carbocycles. The van der Waals surface area contributed by atoms with Crippen LogP contribution in [0.5, 0.6) is 0 Å². The van der Waals surface area contributed by atoms with E-state index in [1.165, 1.54) is 18.6 Å². The third-order valence-corrected chi connectivity index (χ3v) is 5.46. The van der Waals surface area contributed by atoms with Crippen molar-refractivity contribution >= 4 is 16.0 Å². The molecule has 0 saturated heterocycles. The van der Waals surface area contributed by atoms with E-state index in [0.29, 0.717) is 0 Å². The predicted molar refractivity (Wildman–Crippen MR) is 84.4 cm³/mol. The fraction of sp³-hybridized carbons (Fsp3) is 0.667. The van der Waals surface area contributed by atoms with E-state index in [4.69, 9.17) is 14.9 Å². The number of rotatable bonds is 7. The van der Waals surface area contributed by atoms with Crippen molar-refractivity contribution in [2.75, 3.05) is 13.2 Å². The van der Waals surface area contributed by atoms with Crippen molar-refractivity contribution in [1.29, 1.82) is 0 Å². The molecule has 0 amide bonds. The van der Waals surface area contributed by atoms with Crippen molar-refractivity contribution in [3.63, 3.8) is 0 Å². The van der Waals surface area contributed by atoms with Gasteiger partial charge < -0.3 is 14.9 Å². The molecule has 7 nitrogen and oxygen atoms in total. The highest BCUT2D eigenvalue weighted by Gasteiger charge is 2.29. The van der Waals surface area contributed by atoms with Gasteiger partial charge in [0, 0.05) is 12.6 Å². The Hall–Kier alpha value is -1.38. The van der Waals surface area contributed by atoms with E-state index in [-0.39, 0.29) is 36.0 Å². The first-order chi connectivity index (χ1) is 11.0. The van der Waals surface area contributed by atoms with Crippen LogP contribution in [0.3, 0.4) is 0 Å². The second kappa shape index (κ2) is 7.94. The molecule has 0 aliphatic heterocycles. The average Bonchev–Trinajstić information content (AvgIpc) is 3.05. The zero-order chi connectivity index (χ0) is 16.9. The molecule has 1 atom stereocenters. The minimum Gasteiger partial charge on any atom is -0.460 e. The van der Waals surface area contributed by atoms with Crippen molar-refractivity contribution in [2.24, 2.45) is 11.7 Å². The topological polar surface area (TPSA) is 112 Å². The summed E-state index contributed by atoms with van der Waals surface area (Å²) in [6.07, 6.45) is 5.31. The monoisotopic (exact) mass is 344 g/mol. The summed E-state index contributed by atoms with van der Waals surface area (Å²) in [6.45, 7) is 2.09. The summed E-state index contributed by atoms with van der Waals surface area (Å²) in [5, 5.41) is -0.296. The third kappa shape index (κ3) is 4.55. The van der Waals surface area contributed by atoms with Gasteiger partial charge in [0.25, 0.3) is 10.0 Å². The minimum atomic E-state index is -3.85. The zero-order valence-corrected chi connectivity index (χ0v) is 14.1. The lowest BCUT2D eigenvalue weighted by Crippen LogP contribution is -2.45. The fourth-order valence-electron chi connectivity index (χ4n) is 2.91. The van der Waals surface area contributed by atoms with Gasteiger partial charge in [-0.1, -0.05) is 19.3 Å². The molecule has 23 heavy (non-hydrogen) atoms. The smallest absolute Gasteiger partial charge is 0.374 e. The summed E-state index contributed by atoms with van der Waals surface area (Å²) < 4.78 is 37.4. The number of carbonyl (C=O) groups excluding carboxylic acids is 1. The number of nitrogens with one attached hydrogen (secondary N) is 1. The maximum atomic E-state index is 12.4. The Kier molecular flexibility index (Phi) is 6.20. The molecule has 2 rings (SSSR count). The number of esters is 1. The van der Waals surface area contributed by atoms with E-state index in [1.807, 2.05) is 0 Å². The normalized spacial score (nSPS) is 17.8. The standard InChI is InChI=1S/C15H24N2O5S/c1-2-21-15(18)13-8-9-14(22-13)23(19,20)17-12(10-16)11-6-4-3-5-7-11/h8-9,11-12,17H,2-7,10,16H2,1H3. The van der Waals surface area contributed by atoms with Crippen LogP contribution in [-0.4, -0.2) is 33.6 Å². The zero-order valence-electron chi connectivity index (χ0n) is 13.3. The predicted octanol–water partition coefficient (Wildman–Crippen LogP) is 1.64. The van der Waals surface area contributed by atoms with Gasteiger partial charge in [-0.25, -0.2) is 17.9 Å². The molecule has 1 aromatic heterocycles. The quantitative estimate of drug-likeness (QED) is 0.727. The number of sulfonamides is 1. The van der Waals surface area contributed by atoms with E-state index < -0.39 is 16.0 Å². The second-order valence-electron chi connectivity index (χ2n) is 5.70. The van der Waals surface area contributed by atoms with Gasteiger partial charge in [0.05, 0.1) is 6.61 Å². The van der Waals surface area contributed by atoms with Gasteiger partial charge in [-0.3, -0.25) is 0 Å². The number of hydrogen-bond donors (Lipinski definition) is 2. The summed E-state index contributed by atoms with van der Waals surface area (Å²) in [5.74, 6) is -0.575. The molecule has 1 fully saturated rings. The van der Waals surface area contributed by atoms with Gasteiger partial charge in [0.2, 0.25) is 10.9 Å². The number of ether oxygens (including phenoxy) is 1. The van der Waals surface area contributed by atoms with Crippen molar-refractivity contribution in [3.05, 3.63) is 17.9 Å². The molecule has 130 valence electrons. The number of furan rings is 1. The number of nitrogens with two attached hydrogens (primary N) is 1. The van der Waals surface area contributed by atoms with Gasteiger partial charge in [-0.15, -0.1) is 0 Å². The molecule has 3 N–H and O–H groups in total. The van der Waals surface area contributed by atoms with Gasteiger partial charge in [0.15, 0.2) is 0 Å². The van der Waals surface area contributed by atoms with Gasteiger partial charge in [-0.2, -0.15) is 0 Å². The van der Waals surface area contributed by atoms with Gasteiger partial charge in [-0.05, 0) is 37.8 Å². The summed E-state index contributed by atoms with van der Waals surface area (Å²) in [4.78, 5) is 11.6. The second-order valence-corrected chi connectivity index (χ2v) is 7.35. The Bertz CT molecular complexity index is 620. The maximum absolute atomic E-state index is 12.4. The first-order valence-corrected chi connectivity index (χ1v) is 9.45. The van der Waals surface area contributed by atoms with E-state index in [0.717, 1.165) is 25.7 Å². The Morgan fingerprint density at radius 2 is 2.09 bits per heavy atom. The molecule has 8 heteroatoms. The van der Waals surface area contributed by atoms with Crippen LogP contribution in [0.2, 0.25) is 0 Å². The Balaban J connectivity index is 2.09. The van der Waals surface area contributed by atoms with E-state index in [1.54, 1.807) is 6.92 Å². The highest BCUT2D eigenvalue weighted by atomic mass is 32.2. The van der Waals surface area contributed by atoms with E-state index >= 15 is 0 Å². The van der Waals surface area contributed by atoms with Crippen LogP contribution in [0, 0.1) is 5.92 Å². The van der Waals surface area contributed by atoms with Gasteiger partial charge in [0.1, 0.15) is 0 Å². The van der Waals surface area contributed by atoms with E-state index in [2.05, 4.69) is 4.72 Å². The largest absolute Gasteiger partial charge is 0.460 e. The third-order valence-electron chi connectivity index (χ3n) is 4.10. The highest BCUT2D eigenvalue weighted by Crippen LogP contribution is 2.27. The van der Waals surface area contributed by atoms with Crippen LogP contribution in [0.25, 0.3) is 0 Å². The molecule has 0 bridgehead atoms. The molecule has 1 heterocycles. The van der Waals surface area contributed by atoms with Crippen molar-refractivity contribution in [2.45, 2.75) is 50.2 Å². The first kappa shape index (κ1) is 18.0. The van der Waals surface area contributed by atoms with Gasteiger partial charge >= 0.3 is 5.97 Å². The highest BCUT2D eigenvalue weighted by molar-refractivity contribution is 7.89. The minimum absolute atomic E-state index is 0.130. The Morgan fingerprint density at radius 1 is 1.39 bits per heavy atom. The fourth-order valence-corrected chi connectivity index (χ4v) is 4.16. The lowest BCUT2D eigenvalue weighted by Gasteiger charge is -2.29. The Labute approximate surface area is 136 Å². The molecular formula is C15H24N2O5S. The summed E-state index contributed by atoms with van der Waals surface area (Å²) in [6, 6.07) is 2.23. The van der Waals surface area contributed by atoms with Crippen LogP contribution in [0.15, 0.2) is 21.6 Å². The lowest BCUT2D eigenvalue weighted by atomic mass is 9.84. The van der Waals surface area contributed by atoms with Crippen LogP contribution in [0.4, 0.5) is 0 Å². The van der Waals surface area contributed by atoms with Crippen molar-refractivity contribution in [3.8, 4) is 0 Å². The van der Waals surface area contributed by atoms with Crippen molar-refractivity contribution < 1.29 is 22.4 Å². The number of carbonyl (C=O) groups is 1. The molecule has 1 unspecified atom stereocenters. The molecule has 1 saturated carbocycles. The van der Waals surface area contributed by atoms with Crippen LogP contribution >= 0.6 is 0 Å². The molecule has 1 aromatic rings. The van der Waals surface area contributed by atoms with Crippen LogP contribution < -0.4 is 10.5 Å². The van der Waals surface area contributed by atoms with Crippen LogP contribution in [-0.2, 0) is 14.8 Å². The van der Waals surface area contributed by atoms with E-state index in [9.17, 15) is 13.2 Å². The maximum Gasteiger partial charge on any atom is 0.374 e. The average molecular weight is 344 g/mol. The summed E-state index contributed by atoms with van der Waals surface area (Å²) >= 11 is 0. The van der Waals surface area contributed by atoms with Crippen molar-refractivity contribution in [1.82, 2.24) is 4.72 Å². The summed E-state index contributed by atoms with van der Waals surface area (Å²) in [7, 11) is -3.85. The summed E-state index contributed by atoms with van der Waals surface area (Å²) in [5.41, 5.74) is 5.75.